The highest BCUT2D eigenvalue weighted by Gasteiger charge is 2.24. The van der Waals surface area contributed by atoms with Crippen LogP contribution in [0.3, 0.4) is 0 Å². The molecular formula is C22H47NO6P+. The number of esters is 1. The molecule has 1 N–H and O–H groups in total. The van der Waals surface area contributed by atoms with Crippen LogP contribution >= 0.6 is 7.82 Å². The smallest absolute Gasteiger partial charge is 0.460 e. The number of phosphoric ester groups is 1. The number of hydrogen-bond donors (Lipinski definition) is 1. The minimum Gasteiger partial charge on any atom is -0.460 e. The van der Waals surface area contributed by atoms with Gasteiger partial charge in [-0.2, -0.15) is 0 Å². The van der Waals surface area contributed by atoms with E-state index in [0.29, 0.717) is 17.4 Å². The Morgan fingerprint density at radius 3 is 1.90 bits per heavy atom. The Hall–Kier alpha value is -0.460. The van der Waals surface area contributed by atoms with Crippen molar-refractivity contribution < 1.29 is 32.5 Å². The van der Waals surface area contributed by atoms with Crippen LogP contribution < -0.4 is 0 Å². The summed E-state index contributed by atoms with van der Waals surface area (Å²) < 4.78 is 27.6. The fourth-order valence-corrected chi connectivity index (χ4v) is 3.70. The third-order valence-corrected chi connectivity index (χ3v) is 5.79. The Bertz CT molecular complexity index is 481. The Labute approximate surface area is 184 Å². The minimum atomic E-state index is -4.13. The first-order chi connectivity index (χ1) is 14.1. The monoisotopic (exact) mass is 452 g/mol. The van der Waals surface area contributed by atoms with Crippen molar-refractivity contribution in [3.8, 4) is 0 Å². The van der Waals surface area contributed by atoms with Crippen LogP contribution in [0.2, 0.25) is 0 Å². The maximum absolute atomic E-state index is 11.9. The molecule has 7 nitrogen and oxygen atoms in total. The molecule has 0 aliphatic rings. The lowest BCUT2D eigenvalue weighted by Crippen LogP contribution is -2.37. The van der Waals surface area contributed by atoms with Gasteiger partial charge in [-0.3, -0.25) is 13.8 Å². The minimum absolute atomic E-state index is 0.115. The van der Waals surface area contributed by atoms with Gasteiger partial charge in [0, 0.05) is 6.42 Å². The zero-order valence-corrected chi connectivity index (χ0v) is 21.0. The number of quaternary nitrogens is 1. The number of unbranched alkanes of at least 4 members (excludes halogenated alkanes) is 10. The van der Waals surface area contributed by atoms with Gasteiger partial charge >= 0.3 is 13.8 Å². The second kappa shape index (κ2) is 17.1. The van der Waals surface area contributed by atoms with Crippen LogP contribution in [0.4, 0.5) is 0 Å². The first kappa shape index (κ1) is 29.5. The lowest BCUT2D eigenvalue weighted by molar-refractivity contribution is -0.870. The third kappa shape index (κ3) is 20.8. The zero-order chi connectivity index (χ0) is 22.9. The summed E-state index contributed by atoms with van der Waals surface area (Å²) in [5.41, 5.74) is 0. The molecule has 0 aliphatic heterocycles. The van der Waals surface area contributed by atoms with Crippen LogP contribution in [0.1, 0.15) is 90.9 Å². The van der Waals surface area contributed by atoms with E-state index < -0.39 is 13.9 Å². The Balaban J connectivity index is 3.66. The molecule has 8 heteroatoms. The van der Waals surface area contributed by atoms with Crippen LogP contribution in [-0.4, -0.2) is 62.4 Å². The summed E-state index contributed by atoms with van der Waals surface area (Å²) in [6, 6.07) is 0. The number of ether oxygens (including phenoxy) is 1. The standard InChI is InChI=1S/C22H46NO6P/c1-6-7-8-9-10-11-12-13-14-15-16-17-22(24)29-21(2)20-28-30(25,26)27-19-18-23(3,4)5/h21H,6-20H2,1-5H3/p+1/t21-/m1/s1. The number of rotatable bonds is 20. The summed E-state index contributed by atoms with van der Waals surface area (Å²) >= 11 is 0. The molecular weight excluding hydrogens is 405 g/mol. The van der Waals surface area contributed by atoms with E-state index in [4.69, 9.17) is 13.8 Å². The highest BCUT2D eigenvalue weighted by Crippen LogP contribution is 2.43. The van der Waals surface area contributed by atoms with Crippen LogP contribution in [0.5, 0.6) is 0 Å². The van der Waals surface area contributed by atoms with Gasteiger partial charge in [0.05, 0.1) is 27.7 Å². The van der Waals surface area contributed by atoms with Gasteiger partial charge in [0.15, 0.2) is 0 Å². The van der Waals surface area contributed by atoms with Crippen molar-refractivity contribution in [3.63, 3.8) is 0 Å². The normalized spacial score (nSPS) is 15.0. The van der Waals surface area contributed by atoms with Gasteiger partial charge < -0.3 is 14.1 Å². The molecule has 30 heavy (non-hydrogen) atoms. The van der Waals surface area contributed by atoms with Gasteiger partial charge in [0.1, 0.15) is 19.3 Å². The largest absolute Gasteiger partial charge is 0.472 e. The van der Waals surface area contributed by atoms with E-state index in [1.165, 1.54) is 51.4 Å². The molecule has 0 bridgehead atoms. The van der Waals surface area contributed by atoms with Gasteiger partial charge in [-0.25, -0.2) is 4.57 Å². The summed E-state index contributed by atoms with van der Waals surface area (Å²) in [6.45, 7) is 4.41. The molecule has 2 atom stereocenters. The van der Waals surface area contributed by atoms with Gasteiger partial charge in [-0.05, 0) is 13.3 Å². The average molecular weight is 453 g/mol. The Morgan fingerprint density at radius 2 is 1.40 bits per heavy atom. The lowest BCUT2D eigenvalue weighted by Gasteiger charge is -2.24. The number of hydrogen-bond acceptors (Lipinski definition) is 5. The molecule has 0 amide bonds. The van der Waals surface area contributed by atoms with Gasteiger partial charge in [0.2, 0.25) is 0 Å². The second-order valence-corrected chi connectivity index (χ2v) is 10.7. The average Bonchev–Trinajstić information content (AvgIpc) is 2.63. The molecule has 0 saturated heterocycles. The summed E-state index contributed by atoms with van der Waals surface area (Å²) in [7, 11) is 1.76. The molecule has 0 spiro atoms. The Kier molecular flexibility index (Phi) is 16.9. The van der Waals surface area contributed by atoms with Gasteiger partial charge in [-0.1, -0.05) is 71.1 Å². The highest BCUT2D eigenvalue weighted by molar-refractivity contribution is 7.47. The van der Waals surface area contributed by atoms with Crippen molar-refractivity contribution in [1.82, 2.24) is 0 Å². The number of phosphoric acid groups is 1. The molecule has 0 aliphatic carbocycles. The van der Waals surface area contributed by atoms with E-state index in [-0.39, 0.29) is 19.2 Å². The van der Waals surface area contributed by atoms with E-state index in [1.807, 2.05) is 21.1 Å². The van der Waals surface area contributed by atoms with Crippen LogP contribution in [0.25, 0.3) is 0 Å². The molecule has 180 valence electrons. The number of nitrogens with zero attached hydrogens (tertiary/aromatic N) is 1. The maximum atomic E-state index is 11.9. The Morgan fingerprint density at radius 1 is 0.900 bits per heavy atom. The predicted octanol–water partition coefficient (Wildman–Crippen LogP) is 5.46. The van der Waals surface area contributed by atoms with Crippen molar-refractivity contribution in [1.29, 1.82) is 0 Å². The molecule has 0 radical (unpaired) electrons. The van der Waals surface area contributed by atoms with E-state index >= 15 is 0 Å². The van der Waals surface area contributed by atoms with Crippen LogP contribution in [0.15, 0.2) is 0 Å². The first-order valence-electron chi connectivity index (χ1n) is 11.7. The van der Waals surface area contributed by atoms with Crippen molar-refractivity contribution in [3.05, 3.63) is 0 Å². The summed E-state index contributed by atoms with van der Waals surface area (Å²) in [4.78, 5) is 21.6. The van der Waals surface area contributed by atoms with Crippen molar-refractivity contribution in [2.75, 3.05) is 40.9 Å². The van der Waals surface area contributed by atoms with E-state index in [9.17, 15) is 14.3 Å². The zero-order valence-electron chi connectivity index (χ0n) is 20.1. The van der Waals surface area contributed by atoms with E-state index in [1.54, 1.807) is 6.92 Å². The molecule has 0 aromatic carbocycles. The lowest BCUT2D eigenvalue weighted by atomic mass is 10.1. The highest BCUT2D eigenvalue weighted by atomic mass is 31.2. The van der Waals surface area contributed by atoms with Gasteiger partial charge in [0.25, 0.3) is 0 Å². The molecule has 0 fully saturated rings. The first-order valence-corrected chi connectivity index (χ1v) is 13.2. The number of carbonyl (C=O) groups is 1. The van der Waals surface area contributed by atoms with Gasteiger partial charge in [-0.15, -0.1) is 0 Å². The maximum Gasteiger partial charge on any atom is 0.472 e. The molecule has 0 aromatic heterocycles. The van der Waals surface area contributed by atoms with E-state index in [0.717, 1.165) is 19.3 Å². The SMILES string of the molecule is CCCCCCCCCCCCCC(=O)O[C@H](C)COP(=O)(O)OCC[N+](C)(C)C. The summed E-state index contributed by atoms with van der Waals surface area (Å²) in [5.74, 6) is -0.291. The fourth-order valence-electron chi connectivity index (χ4n) is 2.92. The molecule has 0 rings (SSSR count). The number of carbonyl (C=O) groups excluding carboxylic acids is 1. The second-order valence-electron chi connectivity index (χ2n) is 9.20. The molecule has 0 heterocycles. The molecule has 0 aromatic rings. The molecule has 1 unspecified atom stereocenters. The predicted molar refractivity (Wildman–Crippen MR) is 121 cm³/mol. The van der Waals surface area contributed by atoms with Crippen molar-refractivity contribution in [2.45, 2.75) is 97.0 Å². The topological polar surface area (TPSA) is 82.1 Å². The van der Waals surface area contributed by atoms with Crippen LogP contribution in [-0.2, 0) is 23.1 Å². The molecule has 0 saturated carbocycles. The van der Waals surface area contributed by atoms with E-state index in [2.05, 4.69) is 6.92 Å². The van der Waals surface area contributed by atoms with Crippen molar-refractivity contribution in [2.24, 2.45) is 0 Å². The third-order valence-electron chi connectivity index (χ3n) is 4.81. The fraction of sp³-hybridized carbons (Fsp3) is 0.955. The van der Waals surface area contributed by atoms with Crippen LogP contribution in [0, 0.1) is 0 Å². The summed E-state index contributed by atoms with van der Waals surface area (Å²) in [6.07, 6.45) is 13.3. The summed E-state index contributed by atoms with van der Waals surface area (Å²) in [5, 5.41) is 0. The number of likely N-dealkylation sites (N-methyl/N-ethyl adjacent to an activating group) is 1. The quantitative estimate of drug-likeness (QED) is 0.114. The van der Waals surface area contributed by atoms with Crippen molar-refractivity contribution >= 4 is 13.8 Å².